The summed E-state index contributed by atoms with van der Waals surface area (Å²) in [5.41, 5.74) is 3.60. The Hall–Kier alpha value is -4.67. The number of hydrogen-bond donors (Lipinski definition) is 1. The summed E-state index contributed by atoms with van der Waals surface area (Å²) in [6.45, 7) is 4.82. The van der Waals surface area contributed by atoms with Gasteiger partial charge >= 0.3 is 0 Å². The van der Waals surface area contributed by atoms with Gasteiger partial charge in [-0.1, -0.05) is 35.9 Å². The molecule has 4 heterocycles. The zero-order valence-electron chi connectivity index (χ0n) is 28.9. The van der Waals surface area contributed by atoms with E-state index < -0.39 is 0 Å². The number of amides is 1. The first-order chi connectivity index (χ1) is 24.4. The molecule has 0 spiro atoms. The minimum absolute atomic E-state index is 0.0509. The summed E-state index contributed by atoms with van der Waals surface area (Å²) < 4.78 is 24.4. The average molecular weight is 698 g/mol. The van der Waals surface area contributed by atoms with E-state index in [1.54, 1.807) is 39.7 Å². The molecule has 0 aliphatic carbocycles. The molecule has 0 bridgehead atoms. The van der Waals surface area contributed by atoms with Crippen molar-refractivity contribution in [2.75, 3.05) is 59.4 Å². The third-order valence-electron chi connectivity index (χ3n) is 10.4. The van der Waals surface area contributed by atoms with Crippen molar-refractivity contribution in [1.82, 2.24) is 19.4 Å². The van der Waals surface area contributed by atoms with Crippen LogP contribution in [0.25, 0.3) is 11.0 Å². The SMILES string of the molecule is COc1cc(C(=O)N2CCC(CCN3CCC(Nc4nc5ccccc5n4Cc4ccco4)CC3)(c3ccc(Cl)cc3)C2)cc(OC)c1OC. The molecule has 2 saturated heterocycles. The van der Waals surface area contributed by atoms with Crippen molar-refractivity contribution in [3.8, 4) is 17.2 Å². The minimum Gasteiger partial charge on any atom is -0.493 e. The lowest BCUT2D eigenvalue weighted by atomic mass is 9.76. The van der Waals surface area contributed by atoms with Gasteiger partial charge in [-0.15, -0.1) is 0 Å². The van der Waals surface area contributed by atoms with E-state index >= 15 is 0 Å². The van der Waals surface area contributed by atoms with Gasteiger partial charge in [0.1, 0.15) is 5.76 Å². The average Bonchev–Trinajstić information content (AvgIpc) is 3.91. The molecule has 1 atom stereocenters. The first kappa shape index (κ1) is 33.8. The maximum Gasteiger partial charge on any atom is 0.254 e. The number of aromatic nitrogens is 2. The van der Waals surface area contributed by atoms with Crippen LogP contribution in [0.4, 0.5) is 5.95 Å². The number of piperidine rings is 1. The summed E-state index contributed by atoms with van der Waals surface area (Å²) in [5.74, 6) is 3.12. The molecule has 1 N–H and O–H groups in total. The van der Waals surface area contributed by atoms with Crippen LogP contribution in [0.5, 0.6) is 17.2 Å². The van der Waals surface area contributed by atoms with Crippen LogP contribution < -0.4 is 19.5 Å². The summed E-state index contributed by atoms with van der Waals surface area (Å²) in [5, 5.41) is 4.47. The quantitative estimate of drug-likeness (QED) is 0.148. The van der Waals surface area contributed by atoms with Crippen LogP contribution in [0.1, 0.15) is 47.4 Å². The fraction of sp³-hybridized carbons (Fsp3) is 0.385. The first-order valence-electron chi connectivity index (χ1n) is 17.2. The number of halogens is 1. The molecule has 10 nitrogen and oxygen atoms in total. The van der Waals surface area contributed by atoms with Crippen molar-refractivity contribution in [2.45, 2.75) is 43.7 Å². The number of nitrogens with zero attached hydrogens (tertiary/aromatic N) is 4. The van der Waals surface area contributed by atoms with E-state index in [2.05, 4.69) is 45.1 Å². The number of para-hydroxylation sites is 2. The van der Waals surface area contributed by atoms with Crippen LogP contribution in [0.3, 0.4) is 0 Å². The van der Waals surface area contributed by atoms with Crippen molar-refractivity contribution in [2.24, 2.45) is 0 Å². The second kappa shape index (κ2) is 14.7. The molecule has 50 heavy (non-hydrogen) atoms. The second-order valence-corrected chi connectivity index (χ2v) is 13.7. The molecular formula is C39H44ClN5O5. The summed E-state index contributed by atoms with van der Waals surface area (Å²) in [4.78, 5) is 23.4. The Morgan fingerprint density at radius 3 is 2.38 bits per heavy atom. The maximum absolute atomic E-state index is 13.9. The lowest BCUT2D eigenvalue weighted by Crippen LogP contribution is -2.42. The van der Waals surface area contributed by atoms with E-state index in [-0.39, 0.29) is 11.3 Å². The number of nitrogens with one attached hydrogen (secondary N) is 1. The second-order valence-electron chi connectivity index (χ2n) is 13.3. The Morgan fingerprint density at radius 1 is 0.960 bits per heavy atom. The Bertz CT molecular complexity index is 1890. The Balaban J connectivity index is 1.02. The summed E-state index contributed by atoms with van der Waals surface area (Å²) in [6.07, 6.45) is 5.55. The number of rotatable bonds is 12. The highest BCUT2D eigenvalue weighted by Crippen LogP contribution is 2.42. The first-order valence-corrected chi connectivity index (χ1v) is 17.6. The summed E-state index contributed by atoms with van der Waals surface area (Å²) in [6, 6.07) is 24.1. The number of methoxy groups -OCH3 is 3. The maximum atomic E-state index is 13.9. The Kier molecular flexibility index (Phi) is 9.92. The largest absolute Gasteiger partial charge is 0.493 e. The third-order valence-corrected chi connectivity index (χ3v) is 10.6. The molecule has 2 fully saturated rings. The molecule has 3 aromatic carbocycles. The van der Waals surface area contributed by atoms with Crippen molar-refractivity contribution in [1.29, 1.82) is 0 Å². The number of hydrogen-bond acceptors (Lipinski definition) is 8. The predicted octanol–water partition coefficient (Wildman–Crippen LogP) is 7.11. The van der Waals surface area contributed by atoms with Gasteiger partial charge in [0.15, 0.2) is 11.5 Å². The van der Waals surface area contributed by atoms with Crippen LogP contribution in [0.15, 0.2) is 83.5 Å². The molecule has 2 aliphatic heterocycles. The molecule has 7 rings (SSSR count). The van der Waals surface area contributed by atoms with Gasteiger partial charge in [-0.3, -0.25) is 4.79 Å². The minimum atomic E-state index is -0.188. The molecule has 1 unspecified atom stereocenters. The number of imidazole rings is 1. The monoisotopic (exact) mass is 697 g/mol. The summed E-state index contributed by atoms with van der Waals surface area (Å²) >= 11 is 6.32. The summed E-state index contributed by atoms with van der Waals surface area (Å²) in [7, 11) is 4.68. The predicted molar refractivity (Wildman–Crippen MR) is 195 cm³/mol. The van der Waals surface area contributed by atoms with Crippen LogP contribution in [0.2, 0.25) is 5.02 Å². The van der Waals surface area contributed by atoms with Gasteiger partial charge < -0.3 is 38.3 Å². The number of furan rings is 1. The van der Waals surface area contributed by atoms with E-state index in [9.17, 15) is 4.79 Å². The highest BCUT2D eigenvalue weighted by Gasteiger charge is 2.42. The highest BCUT2D eigenvalue weighted by molar-refractivity contribution is 6.30. The fourth-order valence-corrected chi connectivity index (χ4v) is 7.71. The van der Waals surface area contributed by atoms with Crippen molar-refractivity contribution < 1.29 is 23.4 Å². The van der Waals surface area contributed by atoms with Crippen LogP contribution in [-0.4, -0.2) is 85.4 Å². The molecule has 0 saturated carbocycles. The molecule has 11 heteroatoms. The van der Waals surface area contributed by atoms with Crippen molar-refractivity contribution >= 4 is 34.5 Å². The van der Waals surface area contributed by atoms with Gasteiger partial charge in [-0.05, 0) is 86.3 Å². The normalized spacial score (nSPS) is 18.4. The molecule has 2 aliphatic rings. The van der Waals surface area contributed by atoms with E-state index in [1.807, 2.05) is 35.2 Å². The zero-order chi connectivity index (χ0) is 34.7. The van der Waals surface area contributed by atoms with Gasteiger partial charge in [0.2, 0.25) is 11.7 Å². The Morgan fingerprint density at radius 2 is 1.70 bits per heavy atom. The smallest absolute Gasteiger partial charge is 0.254 e. The number of likely N-dealkylation sites (tertiary alicyclic amines) is 2. The molecule has 5 aromatic rings. The van der Waals surface area contributed by atoms with Crippen LogP contribution in [0, 0.1) is 0 Å². The van der Waals surface area contributed by atoms with E-state index in [0.717, 1.165) is 68.1 Å². The van der Waals surface area contributed by atoms with Gasteiger partial charge in [0, 0.05) is 48.2 Å². The number of fused-ring (bicyclic) bond motifs is 1. The lowest BCUT2D eigenvalue weighted by molar-refractivity contribution is 0.0779. The van der Waals surface area contributed by atoms with E-state index in [4.69, 9.17) is 35.2 Å². The number of benzene rings is 3. The number of ether oxygens (including phenoxy) is 3. The van der Waals surface area contributed by atoms with Gasteiger partial charge in [-0.2, -0.15) is 0 Å². The zero-order valence-corrected chi connectivity index (χ0v) is 29.6. The number of carbonyl (C=O) groups is 1. The number of anilines is 1. The molecule has 262 valence electrons. The fourth-order valence-electron chi connectivity index (χ4n) is 7.58. The van der Waals surface area contributed by atoms with Gasteiger partial charge in [0.05, 0.1) is 45.2 Å². The third kappa shape index (κ3) is 6.87. The lowest BCUT2D eigenvalue weighted by Gasteiger charge is -2.36. The Labute approximate surface area is 297 Å². The molecule has 0 radical (unpaired) electrons. The molecule has 1 amide bonds. The highest BCUT2D eigenvalue weighted by atomic mass is 35.5. The topological polar surface area (TPSA) is 94.2 Å². The van der Waals surface area contributed by atoms with E-state index in [1.165, 1.54) is 5.56 Å². The standard InChI is InChI=1S/C39H44ClN5O5/c1-47-34-23-27(24-35(48-2)36(34)49-3)37(46)44-21-17-39(26-44,28-10-12-29(40)13-11-28)16-20-43-18-14-30(15-19-43)41-38-42-32-8-4-5-9-33(32)45(38)25-31-7-6-22-50-31/h4-13,22-24,30H,14-21,25-26H2,1-3H3,(H,41,42). The number of carbonyl (C=O) groups excluding carboxylic acids is 1. The van der Waals surface area contributed by atoms with E-state index in [0.29, 0.717) is 53.5 Å². The van der Waals surface area contributed by atoms with Gasteiger partial charge in [0.25, 0.3) is 5.91 Å². The molecular weight excluding hydrogens is 654 g/mol. The van der Waals surface area contributed by atoms with Crippen LogP contribution >= 0.6 is 11.6 Å². The van der Waals surface area contributed by atoms with Crippen molar-refractivity contribution in [3.05, 3.63) is 101 Å². The van der Waals surface area contributed by atoms with Crippen molar-refractivity contribution in [3.63, 3.8) is 0 Å². The van der Waals surface area contributed by atoms with Crippen LogP contribution in [-0.2, 0) is 12.0 Å². The van der Waals surface area contributed by atoms with Gasteiger partial charge in [-0.25, -0.2) is 4.98 Å². The molecule has 2 aromatic heterocycles.